The number of hydrogen-bond acceptors (Lipinski definition) is 5. The Morgan fingerprint density at radius 1 is 1.12 bits per heavy atom. The van der Waals surface area contributed by atoms with Crippen molar-refractivity contribution >= 4 is 11.8 Å². The molecular weight excluding hydrogens is 334 g/mol. The molecule has 1 aromatic heterocycles. The average Bonchev–Trinajstić information content (AvgIpc) is 3.12. The number of hydrogen-bond donors (Lipinski definition) is 0. The van der Waals surface area contributed by atoms with Crippen LogP contribution in [0.2, 0.25) is 0 Å². The summed E-state index contributed by atoms with van der Waals surface area (Å²) in [7, 11) is 1.63. The lowest BCUT2D eigenvalue weighted by Crippen LogP contribution is -2.50. The summed E-state index contributed by atoms with van der Waals surface area (Å²) in [5.41, 5.74) is 1.43. The minimum atomic E-state index is -0.146. The number of ether oxygens (including phenoxy) is 1. The molecule has 1 aromatic carbocycles. The van der Waals surface area contributed by atoms with Gasteiger partial charge in [-0.15, -0.1) is 0 Å². The summed E-state index contributed by atoms with van der Waals surface area (Å²) in [6.45, 7) is 3.87. The predicted molar refractivity (Wildman–Crippen MR) is 95.0 cm³/mol. The highest BCUT2D eigenvalue weighted by atomic mass is 16.5. The third-order valence-electron chi connectivity index (χ3n) is 4.55. The maximum Gasteiger partial charge on any atom is 0.276 e. The number of rotatable bonds is 5. The van der Waals surface area contributed by atoms with Crippen LogP contribution in [-0.2, 0) is 11.2 Å². The minimum Gasteiger partial charge on any atom is -0.497 e. The van der Waals surface area contributed by atoms with Gasteiger partial charge in [0.15, 0.2) is 5.69 Å². The first-order chi connectivity index (χ1) is 12.6. The van der Waals surface area contributed by atoms with E-state index >= 15 is 0 Å². The molecule has 2 aromatic rings. The standard InChI is InChI=1S/C19H23N3O4/c1-14-13-17(20-26-14)19(24)22-11-9-21(10-12-22)18(23)8-5-15-3-6-16(25-2)7-4-15/h3-4,6-7,13H,5,8-12H2,1-2H3. The van der Waals surface area contributed by atoms with Crippen LogP contribution >= 0.6 is 0 Å². The molecule has 2 amide bonds. The minimum absolute atomic E-state index is 0.116. The van der Waals surface area contributed by atoms with Crippen molar-refractivity contribution in [1.29, 1.82) is 0 Å². The lowest BCUT2D eigenvalue weighted by molar-refractivity contribution is -0.132. The van der Waals surface area contributed by atoms with E-state index < -0.39 is 0 Å². The van der Waals surface area contributed by atoms with Crippen LogP contribution < -0.4 is 4.74 Å². The Kier molecular flexibility index (Phi) is 5.55. The molecule has 0 spiro atoms. The van der Waals surface area contributed by atoms with Gasteiger partial charge in [-0.25, -0.2) is 0 Å². The van der Waals surface area contributed by atoms with Crippen molar-refractivity contribution in [3.05, 3.63) is 47.3 Å². The number of nitrogens with zero attached hydrogens (tertiary/aromatic N) is 3. The Bertz CT molecular complexity index is 761. The molecule has 1 aliphatic heterocycles. The molecule has 0 bridgehead atoms. The second-order valence-electron chi connectivity index (χ2n) is 6.34. The van der Waals surface area contributed by atoms with Crippen molar-refractivity contribution in [2.75, 3.05) is 33.3 Å². The summed E-state index contributed by atoms with van der Waals surface area (Å²) in [6.07, 6.45) is 1.16. The van der Waals surface area contributed by atoms with Gasteiger partial charge in [0.1, 0.15) is 11.5 Å². The van der Waals surface area contributed by atoms with Gasteiger partial charge >= 0.3 is 0 Å². The molecule has 26 heavy (non-hydrogen) atoms. The molecule has 0 aliphatic carbocycles. The number of aromatic nitrogens is 1. The topological polar surface area (TPSA) is 75.9 Å². The zero-order valence-corrected chi connectivity index (χ0v) is 15.1. The summed E-state index contributed by atoms with van der Waals surface area (Å²) in [5, 5.41) is 3.76. The van der Waals surface area contributed by atoms with Crippen molar-refractivity contribution in [1.82, 2.24) is 15.0 Å². The summed E-state index contributed by atoms with van der Waals surface area (Å²) in [5.74, 6) is 1.39. The van der Waals surface area contributed by atoms with E-state index in [1.807, 2.05) is 29.2 Å². The van der Waals surface area contributed by atoms with Gasteiger partial charge in [-0.05, 0) is 31.0 Å². The normalized spacial score (nSPS) is 14.4. The number of carbonyl (C=O) groups excluding carboxylic acids is 2. The largest absolute Gasteiger partial charge is 0.497 e. The Morgan fingerprint density at radius 3 is 2.35 bits per heavy atom. The second-order valence-corrected chi connectivity index (χ2v) is 6.34. The molecule has 1 fully saturated rings. The van der Waals surface area contributed by atoms with E-state index in [0.717, 1.165) is 11.3 Å². The number of aryl methyl sites for hydroxylation is 2. The van der Waals surface area contributed by atoms with E-state index in [1.165, 1.54) is 0 Å². The van der Waals surface area contributed by atoms with Gasteiger partial charge in [0.05, 0.1) is 7.11 Å². The molecule has 1 saturated heterocycles. The molecule has 3 rings (SSSR count). The number of amides is 2. The van der Waals surface area contributed by atoms with E-state index in [9.17, 15) is 9.59 Å². The third-order valence-corrected chi connectivity index (χ3v) is 4.55. The maximum absolute atomic E-state index is 12.4. The highest BCUT2D eigenvalue weighted by Crippen LogP contribution is 2.14. The summed E-state index contributed by atoms with van der Waals surface area (Å²) >= 11 is 0. The molecule has 7 heteroatoms. The van der Waals surface area contributed by atoms with Crippen molar-refractivity contribution in [2.45, 2.75) is 19.8 Å². The van der Waals surface area contributed by atoms with Gasteiger partial charge in [0, 0.05) is 38.7 Å². The fraction of sp³-hybridized carbons (Fsp3) is 0.421. The van der Waals surface area contributed by atoms with Gasteiger partial charge in [0.25, 0.3) is 5.91 Å². The molecule has 138 valence electrons. The highest BCUT2D eigenvalue weighted by Gasteiger charge is 2.26. The fourth-order valence-electron chi connectivity index (χ4n) is 2.99. The summed E-state index contributed by atoms with van der Waals surface area (Å²) < 4.78 is 10.1. The molecule has 0 atom stereocenters. The van der Waals surface area contributed by atoms with Gasteiger partial charge in [-0.2, -0.15) is 0 Å². The van der Waals surface area contributed by atoms with Crippen LogP contribution in [0.25, 0.3) is 0 Å². The van der Waals surface area contributed by atoms with Gasteiger partial charge < -0.3 is 19.1 Å². The Labute approximate surface area is 152 Å². The molecule has 2 heterocycles. The van der Waals surface area contributed by atoms with Crippen LogP contribution in [0.15, 0.2) is 34.9 Å². The predicted octanol–water partition coefficient (Wildman–Crippen LogP) is 1.91. The average molecular weight is 357 g/mol. The fourth-order valence-corrected chi connectivity index (χ4v) is 2.99. The van der Waals surface area contributed by atoms with Crippen molar-refractivity contribution < 1.29 is 18.8 Å². The zero-order chi connectivity index (χ0) is 18.5. The van der Waals surface area contributed by atoms with Gasteiger partial charge in [-0.1, -0.05) is 17.3 Å². The molecule has 1 aliphatic rings. The Hall–Kier alpha value is -2.83. The van der Waals surface area contributed by atoms with Crippen LogP contribution in [0, 0.1) is 6.92 Å². The summed E-state index contributed by atoms with van der Waals surface area (Å²) in [6, 6.07) is 9.38. The molecule has 0 N–H and O–H groups in total. The van der Waals surface area contributed by atoms with Crippen molar-refractivity contribution in [3.63, 3.8) is 0 Å². The Balaban J connectivity index is 1.46. The number of carbonyl (C=O) groups is 2. The van der Waals surface area contributed by atoms with E-state index in [-0.39, 0.29) is 11.8 Å². The lowest BCUT2D eigenvalue weighted by atomic mass is 10.1. The van der Waals surface area contributed by atoms with Gasteiger partial charge in [0.2, 0.25) is 5.91 Å². The lowest BCUT2D eigenvalue weighted by Gasteiger charge is -2.34. The van der Waals surface area contributed by atoms with Crippen LogP contribution in [0.5, 0.6) is 5.75 Å². The molecule has 0 unspecified atom stereocenters. The molecule has 0 saturated carbocycles. The maximum atomic E-state index is 12.4. The molecular formula is C19H23N3O4. The molecule has 7 nitrogen and oxygen atoms in total. The van der Waals surface area contributed by atoms with Crippen molar-refractivity contribution in [2.24, 2.45) is 0 Å². The SMILES string of the molecule is COc1ccc(CCC(=O)N2CCN(C(=O)c3cc(C)on3)CC2)cc1. The van der Waals surface area contributed by atoms with Crippen molar-refractivity contribution in [3.8, 4) is 5.75 Å². The monoisotopic (exact) mass is 357 g/mol. The molecule has 0 radical (unpaired) electrons. The Morgan fingerprint density at radius 2 is 1.77 bits per heavy atom. The smallest absolute Gasteiger partial charge is 0.276 e. The van der Waals surface area contributed by atoms with E-state index in [1.54, 1.807) is 25.0 Å². The second kappa shape index (κ2) is 8.03. The first kappa shape index (κ1) is 18.0. The van der Waals surface area contributed by atoms with E-state index in [0.29, 0.717) is 50.5 Å². The quantitative estimate of drug-likeness (QED) is 0.817. The first-order valence-electron chi connectivity index (χ1n) is 8.70. The van der Waals surface area contributed by atoms with Crippen LogP contribution in [0.1, 0.15) is 28.2 Å². The van der Waals surface area contributed by atoms with Crippen LogP contribution in [0.3, 0.4) is 0 Å². The van der Waals surface area contributed by atoms with Crippen LogP contribution in [-0.4, -0.2) is 60.1 Å². The van der Waals surface area contributed by atoms with Crippen LogP contribution in [0.4, 0.5) is 0 Å². The summed E-state index contributed by atoms with van der Waals surface area (Å²) in [4.78, 5) is 28.3. The number of benzene rings is 1. The highest BCUT2D eigenvalue weighted by molar-refractivity contribution is 5.92. The van der Waals surface area contributed by atoms with E-state index in [4.69, 9.17) is 9.26 Å². The zero-order valence-electron chi connectivity index (χ0n) is 15.1. The van der Waals surface area contributed by atoms with Gasteiger partial charge in [-0.3, -0.25) is 9.59 Å². The van der Waals surface area contributed by atoms with E-state index in [2.05, 4.69) is 5.16 Å². The number of piperazine rings is 1. The number of methoxy groups -OCH3 is 1. The first-order valence-corrected chi connectivity index (χ1v) is 8.70. The third kappa shape index (κ3) is 4.22.